The lowest BCUT2D eigenvalue weighted by Crippen LogP contribution is -2.14. The standard InChI is InChI=1S/C14H13ClN2O4S/c1-8-4-2-3-5-11(8)17-12-7-10(15)13(22(16,20)21)6-9(12)14(18)19/h2-7,17H,1H3,(H,18,19)(H2,16,20,21). The Hall–Kier alpha value is -2.09. The minimum Gasteiger partial charge on any atom is -0.478 e. The Morgan fingerprint density at radius 1 is 1.23 bits per heavy atom. The highest BCUT2D eigenvalue weighted by Crippen LogP contribution is 2.31. The molecule has 2 rings (SSSR count). The van der Waals surface area contributed by atoms with Crippen molar-refractivity contribution < 1.29 is 18.3 Å². The lowest BCUT2D eigenvalue weighted by atomic mass is 10.1. The van der Waals surface area contributed by atoms with Crippen LogP contribution in [0, 0.1) is 6.92 Å². The fourth-order valence-corrected chi connectivity index (χ4v) is 3.01. The number of hydrogen-bond donors (Lipinski definition) is 3. The monoisotopic (exact) mass is 340 g/mol. The molecule has 4 N–H and O–H groups in total. The summed E-state index contributed by atoms with van der Waals surface area (Å²) in [5, 5.41) is 17.1. The second-order valence-corrected chi connectivity index (χ2v) is 6.56. The second-order valence-electron chi connectivity index (χ2n) is 4.62. The third kappa shape index (κ3) is 3.38. The Bertz CT molecular complexity index is 850. The number of nitrogens with two attached hydrogens (primary N) is 1. The molecule has 0 saturated heterocycles. The fraction of sp³-hybridized carbons (Fsp3) is 0.0714. The minimum absolute atomic E-state index is 0.149. The average molecular weight is 341 g/mol. The molecule has 116 valence electrons. The molecule has 0 saturated carbocycles. The number of carbonyl (C=O) groups is 1. The maximum atomic E-state index is 11.4. The van der Waals surface area contributed by atoms with E-state index in [1.807, 2.05) is 19.1 Å². The summed E-state index contributed by atoms with van der Waals surface area (Å²) in [6.07, 6.45) is 0. The van der Waals surface area contributed by atoms with Crippen LogP contribution in [0.25, 0.3) is 0 Å². The zero-order valence-corrected chi connectivity index (χ0v) is 13.1. The lowest BCUT2D eigenvalue weighted by molar-refractivity contribution is 0.0697. The number of primary sulfonamides is 1. The Balaban J connectivity index is 2.59. The molecule has 0 unspecified atom stereocenters. The number of anilines is 2. The number of nitrogens with one attached hydrogen (secondary N) is 1. The molecule has 0 heterocycles. The molecular weight excluding hydrogens is 328 g/mol. The molecule has 0 atom stereocenters. The van der Waals surface area contributed by atoms with Gasteiger partial charge in [-0.15, -0.1) is 0 Å². The second kappa shape index (κ2) is 5.96. The van der Waals surface area contributed by atoms with Gasteiger partial charge in [-0.1, -0.05) is 29.8 Å². The van der Waals surface area contributed by atoms with Gasteiger partial charge in [-0.25, -0.2) is 18.4 Å². The van der Waals surface area contributed by atoms with Gasteiger partial charge < -0.3 is 10.4 Å². The van der Waals surface area contributed by atoms with Crippen LogP contribution >= 0.6 is 11.6 Å². The third-order valence-corrected chi connectivity index (χ3v) is 4.40. The van der Waals surface area contributed by atoms with E-state index < -0.39 is 20.9 Å². The van der Waals surface area contributed by atoms with Crippen LogP contribution < -0.4 is 10.5 Å². The van der Waals surface area contributed by atoms with Crippen molar-refractivity contribution >= 4 is 39.0 Å². The van der Waals surface area contributed by atoms with Crippen molar-refractivity contribution in [1.29, 1.82) is 0 Å². The van der Waals surface area contributed by atoms with Crippen molar-refractivity contribution in [3.05, 3.63) is 52.5 Å². The molecule has 2 aromatic carbocycles. The van der Waals surface area contributed by atoms with Crippen molar-refractivity contribution in [2.75, 3.05) is 5.32 Å². The Kier molecular flexibility index (Phi) is 4.41. The SMILES string of the molecule is Cc1ccccc1Nc1cc(Cl)c(S(N)(=O)=O)cc1C(=O)O. The number of benzene rings is 2. The third-order valence-electron chi connectivity index (χ3n) is 3.02. The van der Waals surface area contributed by atoms with Crippen molar-refractivity contribution in [3.63, 3.8) is 0 Å². The van der Waals surface area contributed by atoms with Gasteiger partial charge in [-0.2, -0.15) is 0 Å². The quantitative estimate of drug-likeness (QED) is 0.792. The molecule has 0 amide bonds. The highest BCUT2D eigenvalue weighted by Gasteiger charge is 2.20. The summed E-state index contributed by atoms with van der Waals surface area (Å²) < 4.78 is 22.9. The van der Waals surface area contributed by atoms with Crippen LogP contribution in [0.15, 0.2) is 41.3 Å². The van der Waals surface area contributed by atoms with Gasteiger partial charge in [0, 0.05) is 5.69 Å². The van der Waals surface area contributed by atoms with Crippen molar-refractivity contribution in [3.8, 4) is 0 Å². The first-order valence-corrected chi connectivity index (χ1v) is 8.05. The zero-order valence-electron chi connectivity index (χ0n) is 11.5. The van der Waals surface area contributed by atoms with E-state index in [0.717, 1.165) is 11.6 Å². The summed E-state index contributed by atoms with van der Waals surface area (Å²) in [6.45, 7) is 1.85. The summed E-state index contributed by atoms with van der Waals surface area (Å²) in [7, 11) is -4.11. The van der Waals surface area contributed by atoms with Gasteiger partial charge >= 0.3 is 5.97 Å². The predicted octanol–water partition coefficient (Wildman–Crippen LogP) is 2.74. The largest absolute Gasteiger partial charge is 0.478 e. The number of aromatic carboxylic acids is 1. The van der Waals surface area contributed by atoms with Crippen molar-refractivity contribution in [1.82, 2.24) is 0 Å². The number of rotatable bonds is 4. The van der Waals surface area contributed by atoms with E-state index >= 15 is 0 Å². The molecule has 22 heavy (non-hydrogen) atoms. The molecule has 0 aliphatic rings. The normalized spacial score (nSPS) is 11.2. The van der Waals surface area contributed by atoms with Crippen molar-refractivity contribution in [2.45, 2.75) is 11.8 Å². The van der Waals surface area contributed by atoms with Gasteiger partial charge in [-0.3, -0.25) is 0 Å². The Labute approximate surface area is 132 Å². The van der Waals surface area contributed by atoms with Gasteiger partial charge in [-0.05, 0) is 30.7 Å². The maximum Gasteiger partial charge on any atom is 0.337 e. The number of aryl methyl sites for hydroxylation is 1. The molecule has 0 spiro atoms. The summed E-state index contributed by atoms with van der Waals surface area (Å²) >= 11 is 5.90. The summed E-state index contributed by atoms with van der Waals surface area (Å²) in [5.41, 5.74) is 1.52. The van der Waals surface area contributed by atoms with Gasteiger partial charge in [0.15, 0.2) is 0 Å². The molecule has 8 heteroatoms. The first kappa shape index (κ1) is 16.3. The lowest BCUT2D eigenvalue weighted by Gasteiger charge is -2.14. The first-order chi connectivity index (χ1) is 10.2. The topological polar surface area (TPSA) is 109 Å². The van der Waals surface area contributed by atoms with Gasteiger partial charge in [0.1, 0.15) is 4.90 Å². The predicted molar refractivity (Wildman–Crippen MR) is 84.2 cm³/mol. The maximum absolute atomic E-state index is 11.4. The number of carboxylic acid groups (broad SMARTS) is 1. The van der Waals surface area contributed by atoms with Crippen LogP contribution in [-0.2, 0) is 10.0 Å². The average Bonchev–Trinajstić information content (AvgIpc) is 2.39. The van der Waals surface area contributed by atoms with E-state index in [1.165, 1.54) is 6.07 Å². The molecule has 0 radical (unpaired) electrons. The summed E-state index contributed by atoms with van der Waals surface area (Å²) in [6, 6.07) is 9.43. The van der Waals surface area contributed by atoms with E-state index in [2.05, 4.69) is 5.32 Å². The van der Waals surface area contributed by atoms with Crippen LogP contribution in [0.5, 0.6) is 0 Å². The Morgan fingerprint density at radius 2 is 1.86 bits per heavy atom. The van der Waals surface area contributed by atoms with Gasteiger partial charge in [0.05, 0.1) is 16.3 Å². The fourth-order valence-electron chi connectivity index (χ4n) is 1.91. The van der Waals surface area contributed by atoms with E-state index in [9.17, 15) is 18.3 Å². The van der Waals surface area contributed by atoms with E-state index in [1.54, 1.807) is 12.1 Å². The minimum atomic E-state index is -4.11. The molecule has 6 nitrogen and oxygen atoms in total. The van der Waals surface area contributed by atoms with Crippen LogP contribution in [0.2, 0.25) is 5.02 Å². The van der Waals surface area contributed by atoms with E-state index in [-0.39, 0.29) is 16.3 Å². The highest BCUT2D eigenvalue weighted by molar-refractivity contribution is 7.89. The number of halogens is 1. The molecule has 0 aliphatic carbocycles. The molecule has 0 aromatic heterocycles. The van der Waals surface area contributed by atoms with E-state index in [0.29, 0.717) is 5.69 Å². The van der Waals surface area contributed by atoms with E-state index in [4.69, 9.17) is 16.7 Å². The first-order valence-electron chi connectivity index (χ1n) is 6.12. The molecule has 0 aliphatic heterocycles. The molecule has 0 bridgehead atoms. The number of carboxylic acids is 1. The smallest absolute Gasteiger partial charge is 0.337 e. The number of para-hydroxylation sites is 1. The van der Waals surface area contributed by atoms with Gasteiger partial charge in [0.2, 0.25) is 10.0 Å². The summed E-state index contributed by atoms with van der Waals surface area (Å²) in [5.74, 6) is -1.29. The van der Waals surface area contributed by atoms with Crippen molar-refractivity contribution in [2.24, 2.45) is 5.14 Å². The van der Waals surface area contributed by atoms with Crippen LogP contribution in [0.3, 0.4) is 0 Å². The summed E-state index contributed by atoms with van der Waals surface area (Å²) in [4.78, 5) is 10.9. The van der Waals surface area contributed by atoms with Crippen LogP contribution in [0.1, 0.15) is 15.9 Å². The number of sulfonamides is 1. The molecule has 2 aromatic rings. The highest BCUT2D eigenvalue weighted by atomic mass is 35.5. The van der Waals surface area contributed by atoms with Crippen LogP contribution in [0.4, 0.5) is 11.4 Å². The molecular formula is C14H13ClN2O4S. The van der Waals surface area contributed by atoms with Gasteiger partial charge in [0.25, 0.3) is 0 Å². The zero-order chi connectivity index (χ0) is 16.5. The number of hydrogen-bond acceptors (Lipinski definition) is 4. The van der Waals surface area contributed by atoms with Crippen LogP contribution in [-0.4, -0.2) is 19.5 Å². The Morgan fingerprint density at radius 3 is 2.41 bits per heavy atom. The molecule has 0 fully saturated rings.